The summed E-state index contributed by atoms with van der Waals surface area (Å²) in [6.07, 6.45) is 1.26. The molecule has 0 radical (unpaired) electrons. The van der Waals surface area contributed by atoms with Crippen LogP contribution >= 0.6 is 0 Å². The van der Waals surface area contributed by atoms with Gasteiger partial charge in [-0.2, -0.15) is 5.10 Å². The van der Waals surface area contributed by atoms with Gasteiger partial charge in [-0.15, -0.1) is 0 Å². The highest BCUT2D eigenvalue weighted by Gasteiger charge is 2.21. The maximum Gasteiger partial charge on any atom is 0.493 e. The Morgan fingerprint density at radius 2 is 2.03 bits per heavy atom. The fourth-order valence-corrected chi connectivity index (χ4v) is 3.09. The highest BCUT2D eigenvalue weighted by Crippen LogP contribution is 2.26. The first-order chi connectivity index (χ1) is 14.4. The minimum atomic E-state index is -1.81. The SMILES string of the molecule is NC(=O)c1cccc2c(-c3ncc(B(O)O)c(NCc4cccc(F)c4)n3)n[nH]c12. The van der Waals surface area contributed by atoms with Crippen molar-refractivity contribution >= 4 is 35.2 Å². The number of aromatic amines is 1. The molecule has 0 saturated carbocycles. The van der Waals surface area contributed by atoms with Gasteiger partial charge in [0, 0.05) is 23.6 Å². The number of carbonyl (C=O) groups excluding carboxylic acids is 1. The smallest absolute Gasteiger partial charge is 0.423 e. The second kappa shape index (κ2) is 7.89. The molecule has 0 aliphatic rings. The number of nitrogens with one attached hydrogen (secondary N) is 2. The first kappa shape index (κ1) is 19.5. The molecule has 1 amide bonds. The number of amides is 1. The Bertz CT molecular complexity index is 1250. The fourth-order valence-electron chi connectivity index (χ4n) is 3.09. The standard InChI is InChI=1S/C19H16BFN6O3/c21-11-4-1-3-10(7-11)8-23-18-14(20(29)30)9-24-19(25-18)16-12-5-2-6-13(17(22)28)15(12)26-27-16/h1-7,9,29-30H,8H2,(H2,22,28)(H,26,27)(H,23,24,25). The number of benzene rings is 2. The summed E-state index contributed by atoms with van der Waals surface area (Å²) in [5.41, 5.74) is 7.18. The van der Waals surface area contributed by atoms with Gasteiger partial charge in [0.05, 0.1) is 11.1 Å². The molecule has 11 heteroatoms. The Kier molecular flexibility index (Phi) is 5.13. The van der Waals surface area contributed by atoms with E-state index in [9.17, 15) is 19.2 Å². The van der Waals surface area contributed by atoms with E-state index in [2.05, 4.69) is 25.5 Å². The zero-order chi connectivity index (χ0) is 21.3. The molecule has 6 N–H and O–H groups in total. The molecule has 0 spiro atoms. The number of hydrogen-bond acceptors (Lipinski definition) is 7. The Balaban J connectivity index is 1.73. The lowest BCUT2D eigenvalue weighted by atomic mass is 9.81. The molecule has 0 unspecified atom stereocenters. The van der Waals surface area contributed by atoms with Gasteiger partial charge in [-0.25, -0.2) is 14.4 Å². The maximum atomic E-state index is 13.4. The van der Waals surface area contributed by atoms with Crippen molar-refractivity contribution in [1.82, 2.24) is 20.2 Å². The molecule has 0 fully saturated rings. The van der Waals surface area contributed by atoms with Crippen molar-refractivity contribution in [2.75, 3.05) is 5.32 Å². The molecule has 2 aromatic heterocycles. The van der Waals surface area contributed by atoms with Crippen LogP contribution in [0, 0.1) is 5.82 Å². The summed E-state index contributed by atoms with van der Waals surface area (Å²) in [7, 11) is -1.81. The molecule has 4 aromatic rings. The largest absolute Gasteiger partial charge is 0.493 e. The first-order valence-corrected chi connectivity index (χ1v) is 8.92. The molecule has 30 heavy (non-hydrogen) atoms. The van der Waals surface area contributed by atoms with Crippen molar-refractivity contribution in [3.05, 3.63) is 65.6 Å². The third kappa shape index (κ3) is 3.71. The number of primary amides is 1. The van der Waals surface area contributed by atoms with Gasteiger partial charge in [0.1, 0.15) is 17.3 Å². The van der Waals surface area contributed by atoms with E-state index in [1.807, 2.05) is 0 Å². The Morgan fingerprint density at radius 3 is 2.77 bits per heavy atom. The number of H-pyrrole nitrogens is 1. The molecule has 0 saturated heterocycles. The minimum Gasteiger partial charge on any atom is -0.423 e. The normalized spacial score (nSPS) is 10.9. The van der Waals surface area contributed by atoms with Gasteiger partial charge in [0.15, 0.2) is 5.82 Å². The number of halogens is 1. The van der Waals surface area contributed by atoms with Crippen LogP contribution in [0.5, 0.6) is 0 Å². The number of aromatic nitrogens is 4. The van der Waals surface area contributed by atoms with Gasteiger partial charge < -0.3 is 21.1 Å². The van der Waals surface area contributed by atoms with Gasteiger partial charge in [-0.05, 0) is 23.8 Å². The van der Waals surface area contributed by atoms with Gasteiger partial charge in [0.25, 0.3) is 5.91 Å². The summed E-state index contributed by atoms with van der Waals surface area (Å²) in [6.45, 7) is 0.196. The van der Waals surface area contributed by atoms with Crippen LogP contribution in [0.15, 0.2) is 48.7 Å². The van der Waals surface area contributed by atoms with E-state index < -0.39 is 13.0 Å². The number of rotatable bonds is 6. The number of nitrogens with two attached hydrogens (primary N) is 1. The van der Waals surface area contributed by atoms with Gasteiger partial charge in [0.2, 0.25) is 0 Å². The van der Waals surface area contributed by atoms with E-state index in [0.29, 0.717) is 22.2 Å². The summed E-state index contributed by atoms with van der Waals surface area (Å²) in [5, 5.41) is 29.8. The highest BCUT2D eigenvalue weighted by molar-refractivity contribution is 6.60. The average Bonchev–Trinajstić information content (AvgIpc) is 3.16. The molecule has 0 aliphatic carbocycles. The molecule has 4 rings (SSSR count). The van der Waals surface area contributed by atoms with E-state index in [-0.39, 0.29) is 35.0 Å². The third-order valence-corrected chi connectivity index (χ3v) is 4.52. The summed E-state index contributed by atoms with van der Waals surface area (Å²) in [6, 6.07) is 11.0. The van der Waals surface area contributed by atoms with Crippen molar-refractivity contribution in [3.63, 3.8) is 0 Å². The van der Waals surface area contributed by atoms with E-state index in [4.69, 9.17) is 5.73 Å². The van der Waals surface area contributed by atoms with Crippen LogP contribution in [0.2, 0.25) is 0 Å². The van der Waals surface area contributed by atoms with E-state index in [1.165, 1.54) is 18.3 Å². The van der Waals surface area contributed by atoms with Crippen molar-refractivity contribution in [3.8, 4) is 11.5 Å². The molecule has 0 aliphatic heterocycles. The second-order valence-corrected chi connectivity index (χ2v) is 6.52. The van der Waals surface area contributed by atoms with Crippen molar-refractivity contribution in [2.45, 2.75) is 6.54 Å². The van der Waals surface area contributed by atoms with Crippen LogP contribution < -0.4 is 16.5 Å². The van der Waals surface area contributed by atoms with E-state index in [1.54, 1.807) is 30.3 Å². The lowest BCUT2D eigenvalue weighted by molar-refractivity contribution is 0.100. The Labute approximate surface area is 169 Å². The molecule has 2 heterocycles. The number of hydrogen-bond donors (Lipinski definition) is 5. The Morgan fingerprint density at radius 1 is 1.23 bits per heavy atom. The number of carbonyl (C=O) groups is 1. The molecule has 2 aromatic carbocycles. The predicted octanol–water partition coefficient (Wildman–Crippen LogP) is 0.550. The second-order valence-electron chi connectivity index (χ2n) is 6.52. The van der Waals surface area contributed by atoms with Crippen LogP contribution in [0.25, 0.3) is 22.4 Å². The number of para-hydroxylation sites is 1. The van der Waals surface area contributed by atoms with Gasteiger partial charge >= 0.3 is 7.12 Å². The number of nitrogens with zero attached hydrogens (tertiary/aromatic N) is 3. The van der Waals surface area contributed by atoms with Crippen LogP contribution in [0.3, 0.4) is 0 Å². The average molecular weight is 406 g/mol. The highest BCUT2D eigenvalue weighted by atomic mass is 19.1. The number of fused-ring (bicyclic) bond motifs is 1. The monoisotopic (exact) mass is 406 g/mol. The molecule has 150 valence electrons. The lowest BCUT2D eigenvalue weighted by Crippen LogP contribution is -2.34. The fraction of sp³-hybridized carbons (Fsp3) is 0.0526. The van der Waals surface area contributed by atoms with E-state index in [0.717, 1.165) is 0 Å². The summed E-state index contributed by atoms with van der Waals surface area (Å²) < 4.78 is 13.4. The van der Waals surface area contributed by atoms with Crippen molar-refractivity contribution in [2.24, 2.45) is 5.73 Å². The van der Waals surface area contributed by atoms with Crippen LogP contribution in [-0.4, -0.2) is 43.2 Å². The summed E-state index contributed by atoms with van der Waals surface area (Å²) in [4.78, 5) is 20.2. The van der Waals surface area contributed by atoms with Crippen LogP contribution in [0.4, 0.5) is 10.2 Å². The molecular formula is C19H16BFN6O3. The van der Waals surface area contributed by atoms with Crippen LogP contribution in [-0.2, 0) is 6.54 Å². The maximum absolute atomic E-state index is 13.4. The molecular weight excluding hydrogens is 390 g/mol. The van der Waals surface area contributed by atoms with Crippen LogP contribution in [0.1, 0.15) is 15.9 Å². The van der Waals surface area contributed by atoms with E-state index >= 15 is 0 Å². The summed E-state index contributed by atoms with van der Waals surface area (Å²) >= 11 is 0. The zero-order valence-electron chi connectivity index (χ0n) is 15.5. The molecule has 9 nitrogen and oxygen atoms in total. The topological polar surface area (TPSA) is 150 Å². The molecule has 0 bridgehead atoms. The summed E-state index contributed by atoms with van der Waals surface area (Å²) in [5.74, 6) is -0.642. The van der Waals surface area contributed by atoms with Gasteiger partial charge in [-0.3, -0.25) is 9.89 Å². The Hall–Kier alpha value is -3.83. The van der Waals surface area contributed by atoms with Crippen molar-refractivity contribution < 1.29 is 19.2 Å². The third-order valence-electron chi connectivity index (χ3n) is 4.52. The molecule has 0 atom stereocenters. The first-order valence-electron chi connectivity index (χ1n) is 8.92. The van der Waals surface area contributed by atoms with Crippen molar-refractivity contribution in [1.29, 1.82) is 0 Å². The zero-order valence-corrected chi connectivity index (χ0v) is 15.5. The number of anilines is 1. The minimum absolute atomic E-state index is 0.0489. The van der Waals surface area contributed by atoms with Gasteiger partial charge in [-0.1, -0.05) is 24.3 Å². The lowest BCUT2D eigenvalue weighted by Gasteiger charge is -2.11. The predicted molar refractivity (Wildman–Crippen MR) is 109 cm³/mol. The quantitative estimate of drug-likeness (QED) is 0.294.